The maximum atomic E-state index is 13.4. The van der Waals surface area contributed by atoms with Crippen LogP contribution in [-0.4, -0.2) is 23.5 Å². The van der Waals surface area contributed by atoms with Gasteiger partial charge in [0.15, 0.2) is 0 Å². The fraction of sp³-hybridized carbons (Fsp3) is 0.333. The third-order valence-corrected chi connectivity index (χ3v) is 3.10. The van der Waals surface area contributed by atoms with E-state index in [-0.39, 0.29) is 22.9 Å². The summed E-state index contributed by atoms with van der Waals surface area (Å²) < 4.78 is 13.4. The van der Waals surface area contributed by atoms with Gasteiger partial charge >= 0.3 is 5.97 Å². The van der Waals surface area contributed by atoms with Gasteiger partial charge in [0.1, 0.15) is 5.82 Å². The predicted molar refractivity (Wildman–Crippen MR) is 79.6 cm³/mol. The van der Waals surface area contributed by atoms with E-state index < -0.39 is 11.8 Å². The highest BCUT2D eigenvalue weighted by molar-refractivity contribution is 6.32. The summed E-state index contributed by atoms with van der Waals surface area (Å²) in [7, 11) is 0. The lowest BCUT2D eigenvalue weighted by Gasteiger charge is -2.02. The van der Waals surface area contributed by atoms with Gasteiger partial charge in [-0.15, -0.1) is 0 Å². The number of carboxylic acids is 1. The smallest absolute Gasteiger partial charge is 0.303 e. The summed E-state index contributed by atoms with van der Waals surface area (Å²) in [6, 6.07) is 4.31. The van der Waals surface area contributed by atoms with E-state index >= 15 is 0 Å². The molecule has 0 aliphatic heterocycles. The molecule has 0 unspecified atom stereocenters. The number of hydrogen-bond donors (Lipinski definition) is 2. The van der Waals surface area contributed by atoms with Crippen LogP contribution in [0.4, 0.5) is 4.39 Å². The fourth-order valence-corrected chi connectivity index (χ4v) is 1.90. The molecule has 0 radical (unpaired) electrons. The third kappa shape index (κ3) is 6.90. The van der Waals surface area contributed by atoms with E-state index in [1.807, 2.05) is 0 Å². The van der Waals surface area contributed by atoms with E-state index in [0.717, 1.165) is 6.42 Å². The third-order valence-electron chi connectivity index (χ3n) is 2.77. The van der Waals surface area contributed by atoms with Crippen LogP contribution >= 0.6 is 11.6 Å². The van der Waals surface area contributed by atoms with Gasteiger partial charge in [-0.05, 0) is 31.1 Å². The Labute approximate surface area is 127 Å². The molecule has 0 heterocycles. The maximum absolute atomic E-state index is 13.4. The summed E-state index contributed by atoms with van der Waals surface area (Å²) in [6.45, 7) is 0.452. The van der Waals surface area contributed by atoms with Crippen molar-refractivity contribution in [1.29, 1.82) is 0 Å². The fourth-order valence-electron chi connectivity index (χ4n) is 1.68. The van der Waals surface area contributed by atoms with E-state index in [2.05, 4.69) is 5.32 Å². The van der Waals surface area contributed by atoms with Gasteiger partial charge in [-0.25, -0.2) is 4.39 Å². The Kier molecular flexibility index (Phi) is 7.46. The number of hydrogen-bond acceptors (Lipinski definition) is 2. The van der Waals surface area contributed by atoms with Crippen LogP contribution < -0.4 is 5.32 Å². The molecule has 1 amide bonds. The zero-order chi connectivity index (χ0) is 15.7. The van der Waals surface area contributed by atoms with Gasteiger partial charge in [-0.2, -0.15) is 0 Å². The van der Waals surface area contributed by atoms with Crippen molar-refractivity contribution >= 4 is 29.6 Å². The molecule has 0 aromatic heterocycles. The van der Waals surface area contributed by atoms with Gasteiger partial charge in [0.25, 0.3) is 0 Å². The van der Waals surface area contributed by atoms with E-state index in [9.17, 15) is 14.0 Å². The molecule has 0 aliphatic carbocycles. The Hall–Kier alpha value is -1.88. The Balaban J connectivity index is 2.30. The molecule has 0 saturated heterocycles. The second-order valence-electron chi connectivity index (χ2n) is 4.46. The predicted octanol–water partition coefficient (Wildman–Crippen LogP) is 3.25. The lowest BCUT2D eigenvalue weighted by Crippen LogP contribution is -2.22. The normalized spacial score (nSPS) is 10.8. The Morgan fingerprint density at radius 3 is 2.71 bits per heavy atom. The van der Waals surface area contributed by atoms with Gasteiger partial charge in [0, 0.05) is 24.6 Å². The van der Waals surface area contributed by atoms with Gasteiger partial charge in [0.2, 0.25) is 5.91 Å². The highest BCUT2D eigenvalue weighted by atomic mass is 35.5. The first-order chi connectivity index (χ1) is 10.0. The van der Waals surface area contributed by atoms with Crippen LogP contribution in [0, 0.1) is 5.82 Å². The van der Waals surface area contributed by atoms with Crippen LogP contribution in [0.3, 0.4) is 0 Å². The molecule has 21 heavy (non-hydrogen) atoms. The minimum Gasteiger partial charge on any atom is -0.481 e. The van der Waals surface area contributed by atoms with Crippen molar-refractivity contribution in [1.82, 2.24) is 5.32 Å². The van der Waals surface area contributed by atoms with Gasteiger partial charge in [-0.1, -0.05) is 24.1 Å². The number of halogens is 2. The molecule has 0 bridgehead atoms. The van der Waals surface area contributed by atoms with Crippen LogP contribution in [0.1, 0.15) is 31.2 Å². The minimum atomic E-state index is -0.816. The van der Waals surface area contributed by atoms with Crippen LogP contribution in [0.5, 0.6) is 0 Å². The van der Waals surface area contributed by atoms with E-state index in [1.54, 1.807) is 6.07 Å². The van der Waals surface area contributed by atoms with Crippen molar-refractivity contribution in [2.24, 2.45) is 0 Å². The molecule has 4 nitrogen and oxygen atoms in total. The first kappa shape index (κ1) is 17.2. The quantitative estimate of drug-likeness (QED) is 0.572. The topological polar surface area (TPSA) is 66.4 Å². The Morgan fingerprint density at radius 1 is 1.29 bits per heavy atom. The molecule has 1 aromatic rings. The van der Waals surface area contributed by atoms with Crippen LogP contribution in [0.2, 0.25) is 5.02 Å². The summed E-state index contributed by atoms with van der Waals surface area (Å²) in [5.41, 5.74) is 0.177. The highest BCUT2D eigenvalue weighted by Crippen LogP contribution is 2.20. The molecule has 0 aliphatic rings. The van der Waals surface area contributed by atoms with Crippen molar-refractivity contribution in [2.75, 3.05) is 6.54 Å². The lowest BCUT2D eigenvalue weighted by atomic mass is 10.2. The van der Waals surface area contributed by atoms with E-state index in [1.165, 1.54) is 24.3 Å². The van der Waals surface area contributed by atoms with E-state index in [0.29, 0.717) is 19.4 Å². The average Bonchev–Trinajstić information content (AvgIpc) is 2.41. The summed E-state index contributed by atoms with van der Waals surface area (Å²) in [5.74, 6) is -1.64. The number of nitrogens with one attached hydrogen (secondary N) is 1. The summed E-state index contributed by atoms with van der Waals surface area (Å²) in [5, 5.41) is 11.3. The molecule has 0 atom stereocenters. The number of carbonyl (C=O) groups is 2. The molecular formula is C15H17ClFNO3. The first-order valence-electron chi connectivity index (χ1n) is 6.62. The number of aliphatic carboxylic acids is 1. The zero-order valence-electron chi connectivity index (χ0n) is 11.4. The standard InChI is InChI=1S/C15H17ClFNO3/c16-12-5-4-6-13(17)11(12)8-9-14(19)18-10-3-1-2-7-15(20)21/h4-6,8-9H,1-3,7,10H2,(H,18,19)(H,20,21)/b9-8+. The number of unbranched alkanes of at least 4 members (excludes halogenated alkanes) is 2. The molecule has 114 valence electrons. The zero-order valence-corrected chi connectivity index (χ0v) is 12.2. The number of rotatable bonds is 8. The van der Waals surface area contributed by atoms with Crippen LogP contribution in [-0.2, 0) is 9.59 Å². The largest absolute Gasteiger partial charge is 0.481 e. The Bertz CT molecular complexity index is 511. The van der Waals surface area contributed by atoms with Crippen molar-refractivity contribution in [3.8, 4) is 0 Å². The molecule has 2 N–H and O–H groups in total. The molecule has 6 heteroatoms. The van der Waals surface area contributed by atoms with Crippen molar-refractivity contribution in [2.45, 2.75) is 25.7 Å². The molecule has 0 spiro atoms. The first-order valence-corrected chi connectivity index (χ1v) is 7.00. The molecular weight excluding hydrogens is 297 g/mol. The summed E-state index contributed by atoms with van der Waals surface area (Å²) >= 11 is 5.83. The SMILES string of the molecule is O=C(O)CCCCCNC(=O)/C=C/c1c(F)cccc1Cl. The van der Waals surface area contributed by atoms with Crippen LogP contribution in [0.25, 0.3) is 6.08 Å². The minimum absolute atomic E-state index is 0.139. The van der Waals surface area contributed by atoms with Crippen molar-refractivity contribution in [3.63, 3.8) is 0 Å². The van der Waals surface area contributed by atoms with Gasteiger partial charge in [-0.3, -0.25) is 9.59 Å². The van der Waals surface area contributed by atoms with E-state index in [4.69, 9.17) is 16.7 Å². The lowest BCUT2D eigenvalue weighted by molar-refractivity contribution is -0.137. The van der Waals surface area contributed by atoms with Gasteiger partial charge in [0.05, 0.1) is 5.02 Å². The van der Waals surface area contributed by atoms with Crippen molar-refractivity contribution in [3.05, 3.63) is 40.7 Å². The maximum Gasteiger partial charge on any atom is 0.303 e. The summed E-state index contributed by atoms with van der Waals surface area (Å²) in [4.78, 5) is 21.8. The molecule has 1 rings (SSSR count). The second-order valence-corrected chi connectivity index (χ2v) is 4.87. The number of benzene rings is 1. The molecule has 0 saturated carbocycles. The number of carboxylic acid groups (broad SMARTS) is 1. The van der Waals surface area contributed by atoms with Crippen molar-refractivity contribution < 1.29 is 19.1 Å². The number of carbonyl (C=O) groups excluding carboxylic acids is 1. The number of amides is 1. The summed E-state index contributed by atoms with van der Waals surface area (Å²) in [6.07, 6.45) is 4.72. The molecule has 1 aromatic carbocycles. The molecule has 0 fully saturated rings. The highest BCUT2D eigenvalue weighted by Gasteiger charge is 2.03. The second kappa shape index (κ2) is 9.13. The average molecular weight is 314 g/mol. The monoisotopic (exact) mass is 313 g/mol. The Morgan fingerprint density at radius 2 is 2.05 bits per heavy atom. The van der Waals surface area contributed by atoms with Crippen LogP contribution in [0.15, 0.2) is 24.3 Å². The van der Waals surface area contributed by atoms with Gasteiger partial charge < -0.3 is 10.4 Å².